The molecule has 2 rings (SSSR count). The predicted octanol–water partition coefficient (Wildman–Crippen LogP) is 2.07. The molecule has 0 spiro atoms. The fraction of sp³-hybridized carbons (Fsp3) is 0.182. The Balaban J connectivity index is 2.16. The topological polar surface area (TPSA) is 59.1 Å². The standard InChI is InChI=1S/C11H11FN2O2S2/c1-8-13-6-9(17-8)7-14-18(15,16)11-5-3-2-4-10(11)12/h2-6,14H,7H2,1H3. The van der Waals surface area contributed by atoms with E-state index in [4.69, 9.17) is 0 Å². The minimum absolute atomic E-state index is 0.113. The van der Waals surface area contributed by atoms with Gasteiger partial charge in [-0.15, -0.1) is 11.3 Å². The summed E-state index contributed by atoms with van der Waals surface area (Å²) in [5.41, 5.74) is 0. The number of thiazole rings is 1. The summed E-state index contributed by atoms with van der Waals surface area (Å²) in [7, 11) is -3.83. The highest BCUT2D eigenvalue weighted by molar-refractivity contribution is 7.89. The van der Waals surface area contributed by atoms with E-state index in [9.17, 15) is 12.8 Å². The summed E-state index contributed by atoms with van der Waals surface area (Å²) in [5.74, 6) is -0.759. The van der Waals surface area contributed by atoms with Crippen LogP contribution in [0.1, 0.15) is 9.88 Å². The van der Waals surface area contributed by atoms with Crippen molar-refractivity contribution in [3.63, 3.8) is 0 Å². The van der Waals surface area contributed by atoms with Crippen LogP contribution in [-0.2, 0) is 16.6 Å². The second-order valence-corrected chi connectivity index (χ2v) is 6.66. The molecule has 1 N–H and O–H groups in total. The number of nitrogens with zero attached hydrogens (tertiary/aromatic N) is 1. The van der Waals surface area contributed by atoms with E-state index >= 15 is 0 Å². The van der Waals surface area contributed by atoms with E-state index in [1.165, 1.54) is 29.5 Å². The molecule has 96 valence electrons. The summed E-state index contributed by atoms with van der Waals surface area (Å²) in [5, 5.41) is 0.857. The average Bonchev–Trinajstić information content (AvgIpc) is 2.73. The van der Waals surface area contributed by atoms with Crippen LogP contribution in [0.5, 0.6) is 0 Å². The number of benzene rings is 1. The van der Waals surface area contributed by atoms with Gasteiger partial charge in [0.15, 0.2) is 0 Å². The molecule has 0 unspecified atom stereocenters. The van der Waals surface area contributed by atoms with Gasteiger partial charge in [0.05, 0.1) is 5.01 Å². The maximum absolute atomic E-state index is 13.4. The summed E-state index contributed by atoms with van der Waals surface area (Å²) in [4.78, 5) is 4.46. The zero-order chi connectivity index (χ0) is 13.2. The smallest absolute Gasteiger partial charge is 0.243 e. The number of halogens is 1. The van der Waals surface area contributed by atoms with Gasteiger partial charge in [0.2, 0.25) is 10.0 Å². The van der Waals surface area contributed by atoms with Crippen LogP contribution >= 0.6 is 11.3 Å². The van der Waals surface area contributed by atoms with E-state index in [0.29, 0.717) is 0 Å². The maximum atomic E-state index is 13.4. The number of nitrogens with one attached hydrogen (secondary N) is 1. The van der Waals surface area contributed by atoms with E-state index < -0.39 is 15.8 Å². The van der Waals surface area contributed by atoms with Gasteiger partial charge in [-0.1, -0.05) is 12.1 Å². The van der Waals surface area contributed by atoms with Crippen molar-refractivity contribution in [1.29, 1.82) is 0 Å². The summed E-state index contributed by atoms with van der Waals surface area (Å²) in [6.45, 7) is 1.95. The quantitative estimate of drug-likeness (QED) is 0.936. The third kappa shape index (κ3) is 2.92. The molecular weight excluding hydrogens is 275 g/mol. The van der Waals surface area contributed by atoms with Gasteiger partial charge in [-0.25, -0.2) is 22.5 Å². The second kappa shape index (κ2) is 5.13. The summed E-state index contributed by atoms with van der Waals surface area (Å²) < 4.78 is 39.5. The van der Waals surface area contributed by atoms with Gasteiger partial charge in [0, 0.05) is 17.6 Å². The Hall–Kier alpha value is -1.31. The highest BCUT2D eigenvalue weighted by atomic mass is 32.2. The van der Waals surface area contributed by atoms with E-state index in [0.717, 1.165) is 16.0 Å². The molecule has 0 amide bonds. The summed E-state index contributed by atoms with van der Waals surface area (Å²) in [6, 6.07) is 5.27. The van der Waals surface area contributed by atoms with Crippen LogP contribution in [0.4, 0.5) is 4.39 Å². The van der Waals surface area contributed by atoms with Crippen LogP contribution in [-0.4, -0.2) is 13.4 Å². The first-order chi connectivity index (χ1) is 8.49. The second-order valence-electron chi connectivity index (χ2n) is 3.60. The van der Waals surface area contributed by atoms with Crippen molar-refractivity contribution in [2.45, 2.75) is 18.4 Å². The molecule has 0 aliphatic rings. The highest BCUT2D eigenvalue weighted by Gasteiger charge is 2.18. The zero-order valence-corrected chi connectivity index (χ0v) is 11.2. The molecule has 0 saturated heterocycles. The molecule has 1 aromatic heterocycles. The molecule has 0 saturated carbocycles. The van der Waals surface area contributed by atoms with Gasteiger partial charge < -0.3 is 0 Å². The van der Waals surface area contributed by atoms with E-state index in [2.05, 4.69) is 9.71 Å². The molecule has 0 atom stereocenters. The molecule has 1 heterocycles. The van der Waals surface area contributed by atoms with E-state index in [-0.39, 0.29) is 11.4 Å². The van der Waals surface area contributed by atoms with Crippen LogP contribution in [0.2, 0.25) is 0 Å². The fourth-order valence-corrected chi connectivity index (χ4v) is 3.30. The van der Waals surface area contributed by atoms with Crippen molar-refractivity contribution in [3.8, 4) is 0 Å². The van der Waals surface area contributed by atoms with E-state index in [1.807, 2.05) is 6.92 Å². The highest BCUT2D eigenvalue weighted by Crippen LogP contribution is 2.15. The monoisotopic (exact) mass is 286 g/mol. The lowest BCUT2D eigenvalue weighted by Crippen LogP contribution is -2.23. The Kier molecular flexibility index (Phi) is 3.74. The summed E-state index contributed by atoms with van der Waals surface area (Å²) in [6.07, 6.45) is 1.60. The van der Waals surface area contributed by atoms with Crippen LogP contribution in [0.15, 0.2) is 35.4 Å². The Morgan fingerprint density at radius 3 is 2.72 bits per heavy atom. The molecule has 2 aromatic rings. The Morgan fingerprint density at radius 1 is 1.39 bits per heavy atom. The average molecular weight is 286 g/mol. The first kappa shape index (κ1) is 13.1. The van der Waals surface area contributed by atoms with Crippen molar-refractivity contribution in [1.82, 2.24) is 9.71 Å². The molecule has 7 heteroatoms. The molecule has 0 radical (unpaired) electrons. The van der Waals surface area contributed by atoms with Gasteiger partial charge in [-0.3, -0.25) is 0 Å². The third-order valence-corrected chi connectivity index (χ3v) is 4.58. The van der Waals surface area contributed by atoms with Crippen molar-refractivity contribution in [2.75, 3.05) is 0 Å². The zero-order valence-electron chi connectivity index (χ0n) is 9.55. The number of rotatable bonds is 4. The number of aromatic nitrogens is 1. The number of hydrogen-bond acceptors (Lipinski definition) is 4. The van der Waals surface area contributed by atoms with Crippen molar-refractivity contribution in [3.05, 3.63) is 46.2 Å². The Labute approximate surface area is 109 Å². The molecular formula is C11H11FN2O2S2. The van der Waals surface area contributed by atoms with Crippen molar-refractivity contribution < 1.29 is 12.8 Å². The minimum atomic E-state index is -3.83. The number of sulfonamides is 1. The van der Waals surface area contributed by atoms with Gasteiger partial charge >= 0.3 is 0 Å². The van der Waals surface area contributed by atoms with Gasteiger partial charge in [0.1, 0.15) is 10.7 Å². The van der Waals surface area contributed by atoms with Crippen LogP contribution in [0, 0.1) is 12.7 Å². The SMILES string of the molecule is Cc1ncc(CNS(=O)(=O)c2ccccc2F)s1. The van der Waals surface area contributed by atoms with Gasteiger partial charge in [-0.2, -0.15) is 0 Å². The van der Waals surface area contributed by atoms with Crippen LogP contribution in [0.25, 0.3) is 0 Å². The minimum Gasteiger partial charge on any atom is -0.250 e. The number of aryl methyl sites for hydroxylation is 1. The Bertz CT molecular complexity index is 653. The van der Waals surface area contributed by atoms with Crippen LogP contribution in [0.3, 0.4) is 0 Å². The third-order valence-electron chi connectivity index (χ3n) is 2.23. The lowest BCUT2D eigenvalue weighted by Gasteiger charge is -2.05. The molecule has 0 aliphatic heterocycles. The number of hydrogen-bond donors (Lipinski definition) is 1. The molecule has 0 aliphatic carbocycles. The predicted molar refractivity (Wildman–Crippen MR) is 67.3 cm³/mol. The van der Waals surface area contributed by atoms with Gasteiger partial charge in [-0.05, 0) is 19.1 Å². The first-order valence-corrected chi connectivity index (χ1v) is 7.44. The lowest BCUT2D eigenvalue weighted by atomic mass is 10.4. The van der Waals surface area contributed by atoms with E-state index in [1.54, 1.807) is 6.20 Å². The lowest BCUT2D eigenvalue weighted by molar-refractivity contribution is 0.557. The Morgan fingerprint density at radius 2 is 2.11 bits per heavy atom. The molecule has 1 aromatic carbocycles. The fourth-order valence-electron chi connectivity index (χ4n) is 1.39. The molecule has 4 nitrogen and oxygen atoms in total. The normalized spacial score (nSPS) is 11.7. The first-order valence-electron chi connectivity index (χ1n) is 5.14. The van der Waals surface area contributed by atoms with Crippen LogP contribution < -0.4 is 4.72 Å². The van der Waals surface area contributed by atoms with Crippen molar-refractivity contribution in [2.24, 2.45) is 0 Å². The summed E-state index contributed by atoms with van der Waals surface area (Å²) >= 11 is 1.40. The molecule has 0 fully saturated rings. The van der Waals surface area contributed by atoms with Crippen molar-refractivity contribution >= 4 is 21.4 Å². The maximum Gasteiger partial charge on any atom is 0.243 e. The van der Waals surface area contributed by atoms with Gasteiger partial charge in [0.25, 0.3) is 0 Å². The molecule has 18 heavy (non-hydrogen) atoms. The largest absolute Gasteiger partial charge is 0.250 e. The molecule has 0 bridgehead atoms.